The predicted molar refractivity (Wildman–Crippen MR) is 106 cm³/mol. The molecule has 1 aliphatic carbocycles. The van der Waals surface area contributed by atoms with Crippen LogP contribution in [0.1, 0.15) is 51.4 Å². The van der Waals surface area contributed by atoms with Crippen molar-refractivity contribution in [2.45, 2.75) is 69.7 Å². The van der Waals surface area contributed by atoms with E-state index in [9.17, 15) is 20.1 Å². The number of methoxy groups -OCH3 is 1. The van der Waals surface area contributed by atoms with Crippen LogP contribution in [0.3, 0.4) is 0 Å². The summed E-state index contributed by atoms with van der Waals surface area (Å²) in [6.07, 6.45) is 14.3. The fourth-order valence-electron chi connectivity index (χ4n) is 3.01. The van der Waals surface area contributed by atoms with E-state index in [2.05, 4.69) is 16.6 Å². The molecule has 0 bridgehead atoms. The van der Waals surface area contributed by atoms with Gasteiger partial charge in [0.15, 0.2) is 0 Å². The lowest BCUT2D eigenvalue weighted by molar-refractivity contribution is -0.140. The number of hydrogen-bond donors (Lipinski definition) is 3. The Balaban J connectivity index is 2.25. The van der Waals surface area contributed by atoms with Crippen molar-refractivity contribution in [2.24, 2.45) is 5.92 Å². The molecule has 0 heterocycles. The highest BCUT2D eigenvalue weighted by Crippen LogP contribution is 2.26. The zero-order valence-corrected chi connectivity index (χ0v) is 16.1. The molecule has 3 N–H and O–H groups in total. The van der Waals surface area contributed by atoms with Gasteiger partial charge >= 0.3 is 5.97 Å². The Labute approximate surface area is 162 Å². The summed E-state index contributed by atoms with van der Waals surface area (Å²) in [6, 6.07) is 0. The average molecular weight is 376 g/mol. The number of carbonyl (C=O) groups excluding carboxylic acids is 1. The Morgan fingerprint density at radius 2 is 1.78 bits per heavy atom. The maximum atomic E-state index is 11.0. The van der Waals surface area contributed by atoms with Crippen molar-refractivity contribution in [3.05, 3.63) is 36.5 Å². The Bertz CT molecular complexity index is 561. The van der Waals surface area contributed by atoms with E-state index in [-0.39, 0.29) is 12.4 Å². The van der Waals surface area contributed by atoms with Crippen molar-refractivity contribution < 1.29 is 24.9 Å². The molecule has 150 valence electrons. The van der Waals surface area contributed by atoms with Gasteiger partial charge in [0.1, 0.15) is 0 Å². The van der Waals surface area contributed by atoms with Crippen LogP contribution in [0.15, 0.2) is 36.5 Å². The molecule has 27 heavy (non-hydrogen) atoms. The van der Waals surface area contributed by atoms with E-state index < -0.39 is 18.3 Å². The van der Waals surface area contributed by atoms with Gasteiger partial charge in [0.05, 0.1) is 25.4 Å². The van der Waals surface area contributed by atoms with Crippen molar-refractivity contribution >= 4 is 5.97 Å². The van der Waals surface area contributed by atoms with Gasteiger partial charge in [0.25, 0.3) is 0 Å². The van der Waals surface area contributed by atoms with Crippen molar-refractivity contribution in [3.8, 4) is 11.8 Å². The molecule has 1 saturated carbocycles. The van der Waals surface area contributed by atoms with Crippen molar-refractivity contribution in [1.82, 2.24) is 0 Å². The molecule has 5 heteroatoms. The SMILES string of the molecule is COC(=O)CCC[C@H](O)[C@H](O)/C=C/C=C/C#C/C=C/C(O)C1CCCCC1. The zero-order chi connectivity index (χ0) is 19.9. The number of esters is 1. The van der Waals surface area contributed by atoms with Crippen LogP contribution in [0.2, 0.25) is 0 Å². The summed E-state index contributed by atoms with van der Waals surface area (Å²) in [5, 5.41) is 29.7. The number of aliphatic hydroxyl groups is 3. The van der Waals surface area contributed by atoms with Gasteiger partial charge in [-0.3, -0.25) is 4.79 Å². The molecule has 0 aliphatic heterocycles. The number of rotatable bonds is 9. The molecule has 3 atom stereocenters. The minimum Gasteiger partial charge on any atom is -0.469 e. The summed E-state index contributed by atoms with van der Waals surface area (Å²) < 4.78 is 4.52. The topological polar surface area (TPSA) is 87.0 Å². The highest BCUT2D eigenvalue weighted by atomic mass is 16.5. The maximum Gasteiger partial charge on any atom is 0.305 e. The summed E-state index contributed by atoms with van der Waals surface area (Å²) in [4.78, 5) is 11.0. The lowest BCUT2D eigenvalue weighted by Gasteiger charge is -2.24. The minimum atomic E-state index is -0.995. The third-order valence-corrected chi connectivity index (χ3v) is 4.69. The van der Waals surface area contributed by atoms with Crippen LogP contribution >= 0.6 is 0 Å². The second-order valence-corrected chi connectivity index (χ2v) is 6.81. The molecular formula is C22H32O5. The fraction of sp³-hybridized carbons (Fsp3) is 0.591. The summed E-state index contributed by atoms with van der Waals surface area (Å²) in [5.74, 6) is 5.70. The molecule has 0 saturated heterocycles. The summed E-state index contributed by atoms with van der Waals surface area (Å²) in [5.41, 5.74) is 0. The van der Waals surface area contributed by atoms with Crippen LogP contribution in [0.5, 0.6) is 0 Å². The van der Waals surface area contributed by atoms with E-state index in [1.54, 1.807) is 30.4 Å². The normalized spacial score (nSPS) is 19.1. The largest absolute Gasteiger partial charge is 0.469 e. The Hall–Kier alpha value is -1.87. The van der Waals surface area contributed by atoms with Crippen LogP contribution in [0.25, 0.3) is 0 Å². The van der Waals surface area contributed by atoms with Crippen molar-refractivity contribution in [3.63, 3.8) is 0 Å². The minimum absolute atomic E-state index is 0.225. The smallest absolute Gasteiger partial charge is 0.305 e. The molecular weight excluding hydrogens is 344 g/mol. The molecule has 5 nitrogen and oxygen atoms in total. The van der Waals surface area contributed by atoms with Gasteiger partial charge in [0.2, 0.25) is 0 Å². The molecule has 0 amide bonds. The molecule has 0 radical (unpaired) electrons. The third kappa shape index (κ3) is 10.8. The van der Waals surface area contributed by atoms with Gasteiger partial charge in [-0.2, -0.15) is 0 Å². The summed E-state index contributed by atoms with van der Waals surface area (Å²) in [6.45, 7) is 0. The lowest BCUT2D eigenvalue weighted by Crippen LogP contribution is -2.23. The van der Waals surface area contributed by atoms with Crippen molar-refractivity contribution in [1.29, 1.82) is 0 Å². The number of allylic oxidation sites excluding steroid dienone is 4. The fourth-order valence-corrected chi connectivity index (χ4v) is 3.01. The van der Waals surface area contributed by atoms with Gasteiger partial charge in [-0.25, -0.2) is 0 Å². The van der Waals surface area contributed by atoms with E-state index in [0.717, 1.165) is 12.8 Å². The maximum absolute atomic E-state index is 11.0. The van der Waals surface area contributed by atoms with Crippen molar-refractivity contribution in [2.75, 3.05) is 7.11 Å². The van der Waals surface area contributed by atoms with Gasteiger partial charge in [-0.05, 0) is 49.8 Å². The molecule has 0 aromatic heterocycles. The Morgan fingerprint density at radius 3 is 2.48 bits per heavy atom. The average Bonchev–Trinajstić information content (AvgIpc) is 2.69. The van der Waals surface area contributed by atoms with Gasteiger partial charge in [-0.15, -0.1) is 0 Å². The highest BCUT2D eigenvalue weighted by Gasteiger charge is 2.19. The molecule has 0 aromatic carbocycles. The van der Waals surface area contributed by atoms with Gasteiger partial charge in [0, 0.05) is 6.42 Å². The molecule has 1 aliphatic rings. The first-order chi connectivity index (χ1) is 13.0. The zero-order valence-electron chi connectivity index (χ0n) is 16.1. The first-order valence-electron chi connectivity index (χ1n) is 9.66. The standard InChI is InChI=1S/C22H32O5/c1-27-22(26)17-11-16-21(25)20(24)15-10-5-3-2-4-9-14-19(23)18-12-7-6-8-13-18/h3,5,9-10,14-15,18-21,23-25H,6-8,11-13,16-17H2,1H3/b5-3+,14-9+,15-10+/t19?,20-,21+/m1/s1. The van der Waals surface area contributed by atoms with E-state index in [0.29, 0.717) is 18.8 Å². The quantitative estimate of drug-likeness (QED) is 0.327. The summed E-state index contributed by atoms with van der Waals surface area (Å²) in [7, 11) is 1.32. The Morgan fingerprint density at radius 1 is 1.07 bits per heavy atom. The van der Waals surface area contributed by atoms with Crippen LogP contribution in [0, 0.1) is 17.8 Å². The monoisotopic (exact) mass is 376 g/mol. The highest BCUT2D eigenvalue weighted by molar-refractivity contribution is 5.68. The molecule has 1 unspecified atom stereocenters. The van der Waals surface area contributed by atoms with Crippen LogP contribution in [-0.2, 0) is 9.53 Å². The molecule has 0 aromatic rings. The van der Waals surface area contributed by atoms with E-state index in [4.69, 9.17) is 0 Å². The third-order valence-electron chi connectivity index (χ3n) is 4.69. The van der Waals surface area contributed by atoms with Crippen LogP contribution < -0.4 is 0 Å². The Kier molecular flexibility index (Phi) is 12.2. The second-order valence-electron chi connectivity index (χ2n) is 6.81. The number of ether oxygens (including phenoxy) is 1. The second kappa shape index (κ2) is 14.2. The lowest BCUT2D eigenvalue weighted by atomic mass is 9.85. The number of carbonyl (C=O) groups is 1. The van der Waals surface area contributed by atoms with E-state index in [1.165, 1.54) is 32.4 Å². The number of aliphatic hydroxyl groups excluding tert-OH is 3. The predicted octanol–water partition coefficient (Wildman–Crippen LogP) is 2.66. The molecule has 1 rings (SSSR count). The van der Waals surface area contributed by atoms with E-state index >= 15 is 0 Å². The molecule has 0 spiro atoms. The van der Waals surface area contributed by atoms with Gasteiger partial charge in [-0.1, -0.05) is 49.3 Å². The first-order valence-corrected chi connectivity index (χ1v) is 9.66. The van der Waals surface area contributed by atoms with Gasteiger partial charge < -0.3 is 20.1 Å². The first kappa shape index (κ1) is 23.2. The number of hydrogen-bond acceptors (Lipinski definition) is 5. The molecule has 1 fully saturated rings. The van der Waals surface area contributed by atoms with E-state index in [1.807, 2.05) is 0 Å². The van der Waals surface area contributed by atoms with Crippen LogP contribution in [-0.4, -0.2) is 46.7 Å². The summed E-state index contributed by atoms with van der Waals surface area (Å²) >= 11 is 0. The van der Waals surface area contributed by atoms with Crippen LogP contribution in [0.4, 0.5) is 0 Å².